The predicted molar refractivity (Wildman–Crippen MR) is 172 cm³/mol. The Morgan fingerprint density at radius 3 is 2.36 bits per heavy atom. The Hall–Kier alpha value is -4.75. The predicted octanol–water partition coefficient (Wildman–Crippen LogP) is 4.33. The first kappa shape index (κ1) is 30.3. The van der Waals surface area contributed by atoms with Crippen molar-refractivity contribution in [3.8, 4) is 11.3 Å². The van der Waals surface area contributed by atoms with Gasteiger partial charge in [-0.15, -0.1) is 0 Å². The van der Waals surface area contributed by atoms with Crippen LogP contribution < -0.4 is 5.32 Å². The summed E-state index contributed by atoms with van der Waals surface area (Å²) in [4.78, 5) is 19.9. The van der Waals surface area contributed by atoms with Crippen molar-refractivity contribution in [2.75, 3.05) is 25.2 Å². The lowest BCUT2D eigenvalue weighted by Gasteiger charge is -2.32. The molecule has 232 valence electrons. The van der Waals surface area contributed by atoms with Crippen LogP contribution in [0.4, 0.5) is 11.5 Å². The van der Waals surface area contributed by atoms with Crippen LogP contribution in [-0.2, 0) is 32.7 Å². The molecule has 45 heavy (non-hydrogen) atoms. The SMILES string of the molecule is Cc1ccc(S(=O)(=O)n2c(-c3cnn(C)c3)cc3c2C(=O)N(C)CC3c2cc(CS(C)(=O)=O)ccc2Nc2ccccn2)cc1. The molecule has 3 aromatic heterocycles. The van der Waals surface area contributed by atoms with E-state index in [2.05, 4.69) is 15.4 Å². The number of hydrogen-bond acceptors (Lipinski definition) is 8. The number of nitrogens with one attached hydrogen (secondary N) is 1. The van der Waals surface area contributed by atoms with Gasteiger partial charge in [-0.2, -0.15) is 5.10 Å². The van der Waals surface area contributed by atoms with Crippen molar-refractivity contribution in [2.24, 2.45) is 7.05 Å². The van der Waals surface area contributed by atoms with Gasteiger partial charge in [0.2, 0.25) is 0 Å². The minimum absolute atomic E-state index is 0.0190. The van der Waals surface area contributed by atoms with Gasteiger partial charge in [0.1, 0.15) is 11.5 Å². The Morgan fingerprint density at radius 1 is 0.956 bits per heavy atom. The van der Waals surface area contributed by atoms with E-state index in [1.54, 1.807) is 85.9 Å². The molecule has 0 saturated heterocycles. The summed E-state index contributed by atoms with van der Waals surface area (Å²) in [6.45, 7) is 2.10. The topological polar surface area (TPSA) is 136 Å². The molecule has 1 aliphatic rings. The van der Waals surface area contributed by atoms with Gasteiger partial charge in [-0.05, 0) is 60.0 Å². The molecule has 0 radical (unpaired) electrons. The third-order valence-corrected chi connectivity index (χ3v) is 10.4. The fourth-order valence-corrected chi connectivity index (χ4v) is 8.01. The first-order valence-corrected chi connectivity index (χ1v) is 17.6. The fourth-order valence-electron chi connectivity index (χ4n) is 5.69. The minimum Gasteiger partial charge on any atom is -0.340 e. The van der Waals surface area contributed by atoms with Crippen LogP contribution in [0.15, 0.2) is 90.2 Å². The standard InChI is InChI=1S/C32H32N6O5S2/c1-21-8-11-24(12-9-21)45(42,43)38-29(23-17-34-37(3)18-23)16-26-27(19-36(2)32(39)31(26)38)25-15-22(20-44(4,40)41)10-13-28(25)35-30-7-5-6-14-33-30/h5-18,27H,19-20H2,1-4H3,(H,33,35). The van der Waals surface area contributed by atoms with E-state index in [0.717, 1.165) is 9.54 Å². The van der Waals surface area contributed by atoms with Crippen molar-refractivity contribution < 1.29 is 21.6 Å². The summed E-state index contributed by atoms with van der Waals surface area (Å²) >= 11 is 0. The molecule has 2 aromatic carbocycles. The average Bonchev–Trinajstić information content (AvgIpc) is 3.60. The molecule has 1 N–H and O–H groups in total. The molecule has 0 bridgehead atoms. The normalized spacial score (nSPS) is 15.2. The molecule has 0 saturated carbocycles. The van der Waals surface area contributed by atoms with Crippen molar-refractivity contribution in [3.05, 3.63) is 113 Å². The number of aryl methyl sites for hydroxylation is 2. The number of nitrogens with zero attached hydrogens (tertiary/aromatic N) is 5. The lowest BCUT2D eigenvalue weighted by atomic mass is 9.86. The minimum atomic E-state index is -4.25. The summed E-state index contributed by atoms with van der Waals surface area (Å²) in [5, 5.41) is 7.60. The smallest absolute Gasteiger partial charge is 0.271 e. The molecule has 6 rings (SSSR count). The van der Waals surface area contributed by atoms with Gasteiger partial charge in [0, 0.05) is 56.5 Å². The average molecular weight is 645 g/mol. The highest BCUT2D eigenvalue weighted by Gasteiger charge is 2.40. The van der Waals surface area contributed by atoms with Gasteiger partial charge >= 0.3 is 0 Å². The second kappa shape index (κ2) is 11.3. The van der Waals surface area contributed by atoms with Gasteiger partial charge in [-0.25, -0.2) is 25.8 Å². The van der Waals surface area contributed by atoms with Crippen molar-refractivity contribution >= 4 is 37.3 Å². The van der Waals surface area contributed by atoms with Crippen LogP contribution in [-0.4, -0.2) is 66.2 Å². The maximum absolute atomic E-state index is 14.4. The van der Waals surface area contributed by atoms with Gasteiger partial charge in [-0.1, -0.05) is 35.9 Å². The lowest BCUT2D eigenvalue weighted by Crippen LogP contribution is -2.39. The Labute approximate surface area is 262 Å². The van der Waals surface area contributed by atoms with E-state index in [0.29, 0.717) is 39.5 Å². The Balaban J connectivity index is 1.61. The van der Waals surface area contributed by atoms with E-state index in [4.69, 9.17) is 0 Å². The summed E-state index contributed by atoms with van der Waals surface area (Å²) in [5.74, 6) is -0.565. The third-order valence-electron chi connectivity index (χ3n) is 7.78. The van der Waals surface area contributed by atoms with E-state index in [1.807, 2.05) is 13.0 Å². The van der Waals surface area contributed by atoms with E-state index < -0.39 is 31.7 Å². The maximum Gasteiger partial charge on any atom is 0.271 e. The van der Waals surface area contributed by atoms with Crippen LogP contribution in [0.5, 0.6) is 0 Å². The van der Waals surface area contributed by atoms with Crippen LogP contribution in [0.25, 0.3) is 11.3 Å². The number of hydrogen-bond donors (Lipinski definition) is 1. The second-order valence-electron chi connectivity index (χ2n) is 11.4. The number of rotatable bonds is 8. The molecule has 11 nitrogen and oxygen atoms in total. The molecule has 4 heterocycles. The number of anilines is 2. The van der Waals surface area contributed by atoms with E-state index in [9.17, 15) is 21.6 Å². The lowest BCUT2D eigenvalue weighted by molar-refractivity contribution is 0.0765. The highest BCUT2D eigenvalue weighted by Crippen LogP contribution is 2.42. The van der Waals surface area contributed by atoms with Crippen LogP contribution in [0.1, 0.15) is 38.7 Å². The van der Waals surface area contributed by atoms with Crippen molar-refractivity contribution in [3.63, 3.8) is 0 Å². The largest absolute Gasteiger partial charge is 0.340 e. The van der Waals surface area contributed by atoms with Crippen LogP contribution in [0, 0.1) is 6.92 Å². The Kier molecular flexibility index (Phi) is 7.61. The number of carbonyl (C=O) groups is 1. The first-order chi connectivity index (χ1) is 21.3. The van der Waals surface area contributed by atoms with Gasteiger partial charge in [0.25, 0.3) is 15.9 Å². The molecule has 1 unspecified atom stereocenters. The number of likely N-dealkylation sites (N-methyl/N-ethyl adjacent to an activating group) is 1. The molecular weight excluding hydrogens is 613 g/mol. The maximum atomic E-state index is 14.4. The Bertz CT molecular complexity index is 2140. The van der Waals surface area contributed by atoms with Crippen LogP contribution >= 0.6 is 0 Å². The number of amides is 1. The second-order valence-corrected chi connectivity index (χ2v) is 15.3. The summed E-state index contributed by atoms with van der Waals surface area (Å²) in [6, 6.07) is 19.0. The van der Waals surface area contributed by atoms with Crippen LogP contribution in [0.2, 0.25) is 0 Å². The van der Waals surface area contributed by atoms with E-state index in [-0.39, 0.29) is 22.9 Å². The zero-order valence-corrected chi connectivity index (χ0v) is 26.8. The molecule has 1 aliphatic heterocycles. The Morgan fingerprint density at radius 2 is 1.71 bits per heavy atom. The molecule has 0 spiro atoms. The highest BCUT2D eigenvalue weighted by atomic mass is 32.2. The highest BCUT2D eigenvalue weighted by molar-refractivity contribution is 7.90. The monoisotopic (exact) mass is 644 g/mol. The molecule has 5 aromatic rings. The van der Waals surface area contributed by atoms with Gasteiger partial charge in [0.05, 0.1) is 22.5 Å². The van der Waals surface area contributed by atoms with Crippen molar-refractivity contribution in [1.29, 1.82) is 0 Å². The number of benzene rings is 2. The van der Waals surface area contributed by atoms with Crippen molar-refractivity contribution in [1.82, 2.24) is 23.6 Å². The first-order valence-electron chi connectivity index (χ1n) is 14.1. The summed E-state index contributed by atoms with van der Waals surface area (Å²) in [5.41, 5.74) is 4.17. The number of fused-ring (bicyclic) bond motifs is 1. The molecule has 13 heteroatoms. The van der Waals surface area contributed by atoms with Crippen molar-refractivity contribution in [2.45, 2.75) is 23.5 Å². The summed E-state index contributed by atoms with van der Waals surface area (Å²) in [7, 11) is -4.24. The van der Waals surface area contributed by atoms with Gasteiger partial charge in [-0.3, -0.25) is 9.48 Å². The molecule has 0 aliphatic carbocycles. The molecule has 1 amide bonds. The third kappa shape index (κ3) is 5.88. The number of aromatic nitrogens is 4. The van der Waals surface area contributed by atoms with E-state index in [1.165, 1.54) is 23.3 Å². The number of sulfone groups is 1. The summed E-state index contributed by atoms with van der Waals surface area (Å²) < 4.78 is 56.0. The number of pyridine rings is 1. The fraction of sp³-hybridized carbons (Fsp3) is 0.219. The van der Waals surface area contributed by atoms with Crippen LogP contribution in [0.3, 0.4) is 0 Å². The van der Waals surface area contributed by atoms with Gasteiger partial charge in [0.15, 0.2) is 9.84 Å². The quantitative estimate of drug-likeness (QED) is 0.264. The summed E-state index contributed by atoms with van der Waals surface area (Å²) in [6.07, 6.45) is 6.09. The zero-order chi connectivity index (χ0) is 32.1. The van der Waals surface area contributed by atoms with E-state index >= 15 is 0 Å². The molecular formula is C32H32N6O5S2. The molecule has 0 fully saturated rings. The number of carbonyl (C=O) groups excluding carboxylic acids is 1. The van der Waals surface area contributed by atoms with Gasteiger partial charge < -0.3 is 10.2 Å². The zero-order valence-electron chi connectivity index (χ0n) is 25.2. The molecule has 1 atom stereocenters.